The van der Waals surface area contributed by atoms with Crippen molar-refractivity contribution in [2.45, 2.75) is 213 Å². The van der Waals surface area contributed by atoms with E-state index in [-0.39, 0.29) is 31.1 Å². The number of rotatable bonds is 41. The monoisotopic (exact) mass is 807 g/mol. The van der Waals surface area contributed by atoms with Crippen LogP contribution in [0.2, 0.25) is 0 Å². The lowest BCUT2D eigenvalue weighted by atomic mass is 10.0. The molecule has 0 radical (unpaired) electrons. The van der Waals surface area contributed by atoms with Crippen LogP contribution in [-0.4, -0.2) is 37.2 Å². The van der Waals surface area contributed by atoms with Gasteiger partial charge in [0, 0.05) is 19.3 Å². The van der Waals surface area contributed by atoms with Gasteiger partial charge in [0.2, 0.25) is 0 Å². The second-order valence-corrected chi connectivity index (χ2v) is 15.4. The highest BCUT2D eigenvalue weighted by Gasteiger charge is 2.19. The molecule has 1 unspecified atom stereocenters. The summed E-state index contributed by atoms with van der Waals surface area (Å²) in [6, 6.07) is 0. The lowest BCUT2D eigenvalue weighted by Gasteiger charge is -2.18. The summed E-state index contributed by atoms with van der Waals surface area (Å²) in [4.78, 5) is 37.8. The number of ether oxygens (including phenoxy) is 3. The molecule has 0 rings (SSSR count). The second kappa shape index (κ2) is 46.3. The molecule has 0 aliphatic rings. The lowest BCUT2D eigenvalue weighted by Crippen LogP contribution is -2.30. The van der Waals surface area contributed by atoms with E-state index in [9.17, 15) is 14.4 Å². The Morgan fingerprint density at radius 2 is 0.707 bits per heavy atom. The summed E-state index contributed by atoms with van der Waals surface area (Å²) in [5.41, 5.74) is 0. The van der Waals surface area contributed by atoms with Crippen LogP contribution < -0.4 is 0 Å². The van der Waals surface area contributed by atoms with Gasteiger partial charge in [-0.1, -0.05) is 215 Å². The van der Waals surface area contributed by atoms with Crippen LogP contribution in [0.3, 0.4) is 0 Å². The van der Waals surface area contributed by atoms with Crippen LogP contribution in [0.4, 0.5) is 0 Å². The van der Waals surface area contributed by atoms with Crippen LogP contribution in [0, 0.1) is 0 Å². The van der Waals surface area contributed by atoms with Gasteiger partial charge in [-0.25, -0.2) is 0 Å². The van der Waals surface area contributed by atoms with Crippen LogP contribution >= 0.6 is 0 Å². The van der Waals surface area contributed by atoms with Crippen molar-refractivity contribution >= 4 is 17.9 Å². The summed E-state index contributed by atoms with van der Waals surface area (Å²) in [6.45, 7) is 6.38. The molecule has 0 aromatic heterocycles. The summed E-state index contributed by atoms with van der Waals surface area (Å²) >= 11 is 0. The Labute approximate surface area is 356 Å². The zero-order valence-electron chi connectivity index (χ0n) is 37.5. The molecule has 58 heavy (non-hydrogen) atoms. The Morgan fingerprint density at radius 1 is 0.362 bits per heavy atom. The maximum Gasteiger partial charge on any atom is 0.306 e. The molecule has 0 N–H and O–H groups in total. The van der Waals surface area contributed by atoms with Crippen LogP contribution in [-0.2, 0) is 28.6 Å². The SMILES string of the molecule is CC\C=C/C=C\C=C/C=C\C=C\C=C/CCCCCC(=O)OCC(COC(=O)CCCCCC/C=C\CCCC)OC(=O)CCCCCCCCCCCCCCC. The Kier molecular flexibility index (Phi) is 43.6. The van der Waals surface area contributed by atoms with Crippen molar-refractivity contribution in [2.24, 2.45) is 0 Å². The van der Waals surface area contributed by atoms with E-state index in [0.717, 1.165) is 89.9 Å². The van der Waals surface area contributed by atoms with E-state index < -0.39 is 6.10 Å². The molecular formula is C52H86O6. The van der Waals surface area contributed by atoms with E-state index in [1.165, 1.54) is 77.0 Å². The highest BCUT2D eigenvalue weighted by atomic mass is 16.6. The highest BCUT2D eigenvalue weighted by Crippen LogP contribution is 2.14. The largest absolute Gasteiger partial charge is 0.462 e. The average Bonchev–Trinajstić information content (AvgIpc) is 3.22. The normalized spacial score (nSPS) is 12.8. The Morgan fingerprint density at radius 3 is 1.17 bits per heavy atom. The molecule has 0 heterocycles. The molecule has 6 heteroatoms. The van der Waals surface area contributed by atoms with Crippen LogP contribution in [0.5, 0.6) is 0 Å². The fourth-order valence-electron chi connectivity index (χ4n) is 6.22. The number of carbonyl (C=O) groups excluding carboxylic acids is 3. The first-order valence-corrected chi connectivity index (χ1v) is 23.7. The summed E-state index contributed by atoms with van der Waals surface area (Å²) in [5.74, 6) is -0.958. The van der Waals surface area contributed by atoms with Crippen molar-refractivity contribution < 1.29 is 28.6 Å². The van der Waals surface area contributed by atoms with E-state index >= 15 is 0 Å². The van der Waals surface area contributed by atoms with Gasteiger partial charge in [-0.15, -0.1) is 0 Å². The van der Waals surface area contributed by atoms with Crippen LogP contribution in [0.15, 0.2) is 85.1 Å². The molecule has 0 spiro atoms. The summed E-state index contributed by atoms with van der Waals surface area (Å²) in [5, 5.41) is 0. The summed E-state index contributed by atoms with van der Waals surface area (Å²) < 4.78 is 16.7. The molecule has 0 aromatic rings. The fourth-order valence-corrected chi connectivity index (χ4v) is 6.22. The second-order valence-electron chi connectivity index (χ2n) is 15.4. The van der Waals surface area contributed by atoms with Gasteiger partial charge in [-0.2, -0.15) is 0 Å². The molecule has 0 bridgehead atoms. The van der Waals surface area contributed by atoms with Gasteiger partial charge in [0.05, 0.1) is 0 Å². The number of unbranched alkanes of at least 4 members (excludes halogenated alkanes) is 21. The molecular weight excluding hydrogens is 721 g/mol. The maximum absolute atomic E-state index is 12.7. The molecule has 6 nitrogen and oxygen atoms in total. The third-order valence-electron chi connectivity index (χ3n) is 9.80. The van der Waals surface area contributed by atoms with Crippen molar-refractivity contribution in [3.8, 4) is 0 Å². The average molecular weight is 807 g/mol. The zero-order valence-corrected chi connectivity index (χ0v) is 37.5. The molecule has 0 saturated carbocycles. The highest BCUT2D eigenvalue weighted by molar-refractivity contribution is 5.71. The van der Waals surface area contributed by atoms with Crippen LogP contribution in [0.25, 0.3) is 0 Å². The standard InChI is InChI=1S/C52H86O6/c1-4-7-10-13-16-19-22-24-25-26-27-29-30-33-36-39-42-45-51(54)57-48-49(47-56-50(53)44-41-38-35-32-21-18-15-12-9-6-3)58-52(55)46-43-40-37-34-31-28-23-20-17-14-11-8-5-2/h7,10,13,15-16,18-19,22,24-27,29-30,49H,4-6,8-9,11-12,14,17,20-21,23,28,31-48H2,1-3H3/b10-7-,16-13-,18-15-,22-19-,25-24-,27-26+,30-29-. The van der Waals surface area contributed by atoms with Gasteiger partial charge < -0.3 is 14.2 Å². The maximum atomic E-state index is 12.7. The van der Waals surface area contributed by atoms with Crippen molar-refractivity contribution in [1.29, 1.82) is 0 Å². The van der Waals surface area contributed by atoms with Crippen molar-refractivity contribution in [3.05, 3.63) is 85.1 Å². The minimum absolute atomic E-state index is 0.0967. The van der Waals surface area contributed by atoms with Crippen LogP contribution in [0.1, 0.15) is 207 Å². The van der Waals surface area contributed by atoms with Gasteiger partial charge in [0.1, 0.15) is 13.2 Å². The predicted octanol–water partition coefficient (Wildman–Crippen LogP) is 15.3. The molecule has 0 aliphatic heterocycles. The number of carbonyl (C=O) groups is 3. The number of allylic oxidation sites excluding steroid dienone is 14. The molecule has 0 saturated heterocycles. The number of esters is 3. The molecule has 0 fully saturated rings. The summed E-state index contributed by atoms with van der Waals surface area (Å²) in [7, 11) is 0. The van der Waals surface area contributed by atoms with Gasteiger partial charge >= 0.3 is 17.9 Å². The molecule has 0 amide bonds. The third kappa shape index (κ3) is 43.7. The van der Waals surface area contributed by atoms with Crippen molar-refractivity contribution in [2.75, 3.05) is 13.2 Å². The molecule has 0 aliphatic carbocycles. The zero-order chi connectivity index (χ0) is 42.3. The predicted molar refractivity (Wildman–Crippen MR) is 247 cm³/mol. The van der Waals surface area contributed by atoms with E-state index in [0.29, 0.717) is 19.3 Å². The molecule has 330 valence electrons. The fraction of sp³-hybridized carbons (Fsp3) is 0.673. The lowest BCUT2D eigenvalue weighted by molar-refractivity contribution is -0.167. The Balaban J connectivity index is 4.48. The van der Waals surface area contributed by atoms with Gasteiger partial charge in [-0.05, 0) is 57.8 Å². The topological polar surface area (TPSA) is 78.9 Å². The Hall–Kier alpha value is -3.41. The van der Waals surface area contributed by atoms with E-state index in [2.05, 4.69) is 45.1 Å². The first-order chi connectivity index (χ1) is 28.5. The van der Waals surface area contributed by atoms with E-state index in [4.69, 9.17) is 14.2 Å². The first kappa shape index (κ1) is 54.6. The van der Waals surface area contributed by atoms with Gasteiger partial charge in [-0.3, -0.25) is 14.4 Å². The van der Waals surface area contributed by atoms with E-state index in [1.54, 1.807) is 0 Å². The Bertz CT molecular complexity index is 1160. The van der Waals surface area contributed by atoms with E-state index in [1.807, 2.05) is 60.8 Å². The quantitative estimate of drug-likeness (QED) is 0.0201. The summed E-state index contributed by atoms with van der Waals surface area (Å²) in [6.07, 6.45) is 58.5. The molecule has 0 aromatic carbocycles. The smallest absolute Gasteiger partial charge is 0.306 e. The third-order valence-corrected chi connectivity index (χ3v) is 9.80. The van der Waals surface area contributed by atoms with Gasteiger partial charge in [0.25, 0.3) is 0 Å². The first-order valence-electron chi connectivity index (χ1n) is 23.7. The van der Waals surface area contributed by atoms with Crippen molar-refractivity contribution in [3.63, 3.8) is 0 Å². The minimum atomic E-state index is -0.796. The van der Waals surface area contributed by atoms with Gasteiger partial charge in [0.15, 0.2) is 6.10 Å². The number of hydrogen-bond acceptors (Lipinski definition) is 6. The molecule has 1 atom stereocenters. The number of hydrogen-bond donors (Lipinski definition) is 0. The minimum Gasteiger partial charge on any atom is -0.462 e. The van der Waals surface area contributed by atoms with Crippen molar-refractivity contribution in [1.82, 2.24) is 0 Å².